The zero-order valence-corrected chi connectivity index (χ0v) is 16.4. The van der Waals surface area contributed by atoms with E-state index in [4.69, 9.17) is 0 Å². The lowest BCUT2D eigenvalue weighted by molar-refractivity contribution is 0.475. The number of guanidine groups is 1. The predicted molar refractivity (Wildman–Crippen MR) is 107 cm³/mol. The molecule has 0 spiro atoms. The van der Waals surface area contributed by atoms with Gasteiger partial charge in [-0.15, -0.1) is 24.0 Å². The van der Waals surface area contributed by atoms with Gasteiger partial charge in [0.2, 0.25) is 0 Å². The van der Waals surface area contributed by atoms with E-state index in [0.29, 0.717) is 13.1 Å². The number of halogens is 2. The number of pyridine rings is 1. The molecule has 6 heteroatoms. The van der Waals surface area contributed by atoms with Crippen molar-refractivity contribution < 1.29 is 4.39 Å². The molecule has 0 saturated carbocycles. The predicted octanol–water partition coefficient (Wildman–Crippen LogP) is 3.48. The molecular weight excluding hydrogens is 418 g/mol. The molecule has 0 aliphatic rings. The first kappa shape index (κ1) is 20.3. The minimum atomic E-state index is -0.214. The van der Waals surface area contributed by atoms with E-state index in [1.165, 1.54) is 11.6 Å². The lowest BCUT2D eigenvalue weighted by Crippen LogP contribution is -2.38. The number of aliphatic imine (C=N–C) groups is 1. The Labute approximate surface area is 160 Å². The van der Waals surface area contributed by atoms with Gasteiger partial charge >= 0.3 is 0 Å². The second-order valence-electron chi connectivity index (χ2n) is 5.33. The smallest absolute Gasteiger partial charge is 0.193 e. The minimum absolute atomic E-state index is 0. The Kier molecular flexibility index (Phi) is 9.29. The van der Waals surface area contributed by atoms with Crippen molar-refractivity contribution in [1.29, 1.82) is 0 Å². The van der Waals surface area contributed by atoms with Gasteiger partial charge in [-0.2, -0.15) is 0 Å². The maximum absolute atomic E-state index is 13.3. The number of nitrogens with one attached hydrogen (secondary N) is 1. The van der Waals surface area contributed by atoms with Crippen LogP contribution >= 0.6 is 24.0 Å². The summed E-state index contributed by atoms with van der Waals surface area (Å²) in [7, 11) is 1.95. The van der Waals surface area contributed by atoms with Crippen molar-refractivity contribution in [3.05, 3.63) is 65.7 Å². The highest BCUT2D eigenvalue weighted by Crippen LogP contribution is 2.06. The molecule has 0 bridgehead atoms. The molecule has 0 aliphatic heterocycles. The third kappa shape index (κ3) is 6.82. The summed E-state index contributed by atoms with van der Waals surface area (Å²) in [4.78, 5) is 10.7. The van der Waals surface area contributed by atoms with Gasteiger partial charge in [-0.1, -0.05) is 18.2 Å². The number of hydrogen-bond donors (Lipinski definition) is 1. The summed E-state index contributed by atoms with van der Waals surface area (Å²) in [5.74, 6) is 0.607. The van der Waals surface area contributed by atoms with Crippen LogP contribution in [-0.4, -0.2) is 36.0 Å². The van der Waals surface area contributed by atoms with Crippen molar-refractivity contribution in [2.45, 2.75) is 19.9 Å². The van der Waals surface area contributed by atoms with Gasteiger partial charge in [0.25, 0.3) is 0 Å². The molecule has 0 unspecified atom stereocenters. The fraction of sp³-hybridized carbons (Fsp3) is 0.333. The van der Waals surface area contributed by atoms with E-state index in [9.17, 15) is 4.39 Å². The van der Waals surface area contributed by atoms with E-state index in [0.717, 1.165) is 24.5 Å². The zero-order chi connectivity index (χ0) is 16.5. The Morgan fingerprint density at radius 3 is 2.71 bits per heavy atom. The molecule has 0 atom stereocenters. The monoisotopic (exact) mass is 442 g/mol. The normalized spacial score (nSPS) is 10.9. The molecule has 24 heavy (non-hydrogen) atoms. The molecule has 1 heterocycles. The largest absolute Gasteiger partial charge is 0.357 e. The summed E-state index contributed by atoms with van der Waals surface area (Å²) in [6.07, 6.45) is 4.47. The molecule has 0 aliphatic carbocycles. The molecule has 0 amide bonds. The minimum Gasteiger partial charge on any atom is -0.357 e. The van der Waals surface area contributed by atoms with E-state index in [2.05, 4.69) is 15.3 Å². The van der Waals surface area contributed by atoms with Crippen molar-refractivity contribution in [2.75, 3.05) is 20.1 Å². The second-order valence-corrected chi connectivity index (χ2v) is 5.33. The van der Waals surface area contributed by atoms with Crippen LogP contribution in [-0.2, 0) is 13.0 Å². The summed E-state index contributed by atoms with van der Waals surface area (Å²) < 4.78 is 13.3. The molecule has 2 rings (SSSR count). The number of rotatable bonds is 6. The van der Waals surface area contributed by atoms with Gasteiger partial charge in [-0.05, 0) is 42.7 Å². The highest BCUT2D eigenvalue weighted by atomic mass is 127. The highest BCUT2D eigenvalue weighted by molar-refractivity contribution is 14.0. The Hall–Kier alpha value is -1.70. The summed E-state index contributed by atoms with van der Waals surface area (Å²) in [6.45, 7) is 4.11. The zero-order valence-electron chi connectivity index (χ0n) is 14.1. The van der Waals surface area contributed by atoms with E-state index in [1.807, 2.05) is 43.3 Å². The van der Waals surface area contributed by atoms with Gasteiger partial charge in [-0.3, -0.25) is 9.98 Å². The van der Waals surface area contributed by atoms with Gasteiger partial charge in [0.15, 0.2) is 5.96 Å². The number of nitrogens with zero attached hydrogens (tertiary/aromatic N) is 3. The summed E-state index contributed by atoms with van der Waals surface area (Å²) in [5, 5.41) is 3.27. The van der Waals surface area contributed by atoms with Gasteiger partial charge in [-0.25, -0.2) is 4.39 Å². The van der Waals surface area contributed by atoms with Crippen molar-refractivity contribution in [3.63, 3.8) is 0 Å². The molecule has 0 saturated heterocycles. The third-order valence-corrected chi connectivity index (χ3v) is 3.39. The molecule has 1 aromatic heterocycles. The summed E-state index contributed by atoms with van der Waals surface area (Å²) in [6, 6.07) is 10.6. The molecule has 4 nitrogen and oxygen atoms in total. The van der Waals surface area contributed by atoms with E-state index >= 15 is 0 Å². The van der Waals surface area contributed by atoms with Gasteiger partial charge in [0, 0.05) is 39.1 Å². The topological polar surface area (TPSA) is 40.5 Å². The summed E-state index contributed by atoms with van der Waals surface area (Å²) >= 11 is 0. The molecule has 0 radical (unpaired) electrons. The number of benzene rings is 1. The van der Waals surface area contributed by atoms with Crippen LogP contribution in [0.15, 0.2) is 53.8 Å². The van der Waals surface area contributed by atoms with Crippen molar-refractivity contribution in [3.8, 4) is 0 Å². The van der Waals surface area contributed by atoms with Gasteiger partial charge in [0.05, 0.1) is 0 Å². The first-order chi connectivity index (χ1) is 11.2. The van der Waals surface area contributed by atoms with Crippen LogP contribution in [0, 0.1) is 5.82 Å². The van der Waals surface area contributed by atoms with E-state index in [-0.39, 0.29) is 29.8 Å². The Balaban J connectivity index is 0.00000288. The first-order valence-corrected chi connectivity index (χ1v) is 7.82. The van der Waals surface area contributed by atoms with Crippen molar-refractivity contribution in [2.24, 2.45) is 4.99 Å². The van der Waals surface area contributed by atoms with E-state index in [1.54, 1.807) is 18.3 Å². The van der Waals surface area contributed by atoms with Crippen molar-refractivity contribution >= 4 is 29.9 Å². The molecule has 0 fully saturated rings. The molecular formula is C18H24FIN4. The fourth-order valence-electron chi connectivity index (χ4n) is 2.29. The number of hydrogen-bond acceptors (Lipinski definition) is 2. The lowest BCUT2D eigenvalue weighted by Gasteiger charge is -2.22. The quantitative estimate of drug-likeness (QED) is 0.423. The summed E-state index contributed by atoms with van der Waals surface area (Å²) in [5.41, 5.74) is 2.09. The average molecular weight is 442 g/mol. The SMILES string of the molecule is CCNC(=NCCc1cccnc1)N(C)Cc1cccc(F)c1.I. The Bertz CT molecular complexity index is 634. The third-order valence-electron chi connectivity index (χ3n) is 3.39. The van der Waals surface area contributed by atoms with Crippen LogP contribution in [0.5, 0.6) is 0 Å². The van der Waals surface area contributed by atoms with Crippen LogP contribution in [0.25, 0.3) is 0 Å². The van der Waals surface area contributed by atoms with Crippen LogP contribution in [0.1, 0.15) is 18.1 Å². The van der Waals surface area contributed by atoms with Crippen LogP contribution in [0.2, 0.25) is 0 Å². The van der Waals surface area contributed by atoms with Gasteiger partial charge < -0.3 is 10.2 Å². The average Bonchev–Trinajstić information content (AvgIpc) is 2.55. The molecule has 1 aromatic carbocycles. The Morgan fingerprint density at radius 2 is 2.04 bits per heavy atom. The highest BCUT2D eigenvalue weighted by Gasteiger charge is 2.07. The van der Waals surface area contributed by atoms with Crippen LogP contribution in [0.3, 0.4) is 0 Å². The molecule has 2 aromatic rings. The lowest BCUT2D eigenvalue weighted by atomic mass is 10.2. The molecule has 1 N–H and O–H groups in total. The van der Waals surface area contributed by atoms with Crippen LogP contribution in [0.4, 0.5) is 4.39 Å². The van der Waals surface area contributed by atoms with Crippen molar-refractivity contribution in [1.82, 2.24) is 15.2 Å². The molecule has 130 valence electrons. The second kappa shape index (κ2) is 11.0. The Morgan fingerprint density at radius 1 is 1.25 bits per heavy atom. The fourth-order valence-corrected chi connectivity index (χ4v) is 2.29. The maximum Gasteiger partial charge on any atom is 0.193 e. The van der Waals surface area contributed by atoms with Crippen LogP contribution < -0.4 is 5.32 Å². The maximum atomic E-state index is 13.3. The standard InChI is InChI=1S/C18H23FN4.HI/c1-3-21-18(22-11-9-15-7-5-10-20-13-15)23(2)14-16-6-4-8-17(19)12-16;/h4-8,10,12-13H,3,9,11,14H2,1-2H3,(H,21,22);1H. The van der Waals surface area contributed by atoms with E-state index < -0.39 is 0 Å². The van der Waals surface area contributed by atoms with Gasteiger partial charge in [0.1, 0.15) is 5.82 Å². The first-order valence-electron chi connectivity index (χ1n) is 7.82. The number of aromatic nitrogens is 1.